The lowest BCUT2D eigenvalue weighted by molar-refractivity contribution is 0.0306. The van der Waals surface area contributed by atoms with Crippen LogP contribution >= 0.6 is 0 Å². The first kappa shape index (κ1) is 14.6. The maximum absolute atomic E-state index is 12.0. The predicted octanol–water partition coefficient (Wildman–Crippen LogP) is 2.78. The lowest BCUT2D eigenvalue weighted by Crippen LogP contribution is -2.35. The highest BCUT2D eigenvalue weighted by molar-refractivity contribution is 5.77. The van der Waals surface area contributed by atoms with Crippen LogP contribution in [0.5, 0.6) is 0 Å². The van der Waals surface area contributed by atoms with Crippen LogP contribution in [0.15, 0.2) is 30.3 Å². The predicted molar refractivity (Wildman–Crippen MR) is 80.1 cm³/mol. The molecule has 0 atom stereocenters. The van der Waals surface area contributed by atoms with Gasteiger partial charge in [0.05, 0.1) is 0 Å². The van der Waals surface area contributed by atoms with Gasteiger partial charge in [0.25, 0.3) is 0 Å². The molecule has 1 aliphatic rings. The van der Waals surface area contributed by atoms with Gasteiger partial charge in [-0.3, -0.25) is 0 Å². The number of benzene rings is 1. The molecule has 1 amide bonds. The van der Waals surface area contributed by atoms with Crippen molar-refractivity contribution in [2.75, 3.05) is 13.1 Å². The standard InChI is InChI=1S/C16H22N2O2/c1-16(2,3)20-15(19)18-8-7-14(11-18)13-6-4-5-12(9-13)10-17/h4-7,9H,8,10-11,17H2,1-3H3. The maximum Gasteiger partial charge on any atom is 0.410 e. The molecule has 2 N–H and O–H groups in total. The Labute approximate surface area is 120 Å². The zero-order valence-electron chi connectivity index (χ0n) is 12.3. The molecule has 0 bridgehead atoms. The highest BCUT2D eigenvalue weighted by Crippen LogP contribution is 2.23. The van der Waals surface area contributed by atoms with Gasteiger partial charge in [-0.15, -0.1) is 0 Å². The van der Waals surface area contributed by atoms with Crippen LogP contribution in [0.1, 0.15) is 31.9 Å². The fraction of sp³-hybridized carbons (Fsp3) is 0.438. The van der Waals surface area contributed by atoms with Crippen LogP contribution in [-0.2, 0) is 11.3 Å². The number of hydrogen-bond acceptors (Lipinski definition) is 3. The number of nitrogens with two attached hydrogens (primary N) is 1. The molecule has 0 fully saturated rings. The van der Waals surface area contributed by atoms with Crippen LogP contribution in [-0.4, -0.2) is 29.7 Å². The van der Waals surface area contributed by atoms with Gasteiger partial charge in [0.15, 0.2) is 0 Å². The molecule has 0 radical (unpaired) electrons. The Balaban J connectivity index is 2.02. The fourth-order valence-electron chi connectivity index (χ4n) is 2.13. The molecule has 1 aromatic rings. The molecule has 0 saturated carbocycles. The first-order chi connectivity index (χ1) is 9.39. The smallest absolute Gasteiger partial charge is 0.410 e. The summed E-state index contributed by atoms with van der Waals surface area (Å²) >= 11 is 0. The molecule has 108 valence electrons. The van der Waals surface area contributed by atoms with Crippen molar-refractivity contribution in [2.24, 2.45) is 5.73 Å². The molecule has 0 aliphatic carbocycles. The molecule has 0 saturated heterocycles. The zero-order chi connectivity index (χ0) is 14.8. The molecule has 0 spiro atoms. The van der Waals surface area contributed by atoms with Crippen molar-refractivity contribution in [1.82, 2.24) is 4.90 Å². The summed E-state index contributed by atoms with van der Waals surface area (Å²) in [7, 11) is 0. The second-order valence-electron chi connectivity index (χ2n) is 5.99. The summed E-state index contributed by atoms with van der Waals surface area (Å²) in [6.07, 6.45) is 1.80. The van der Waals surface area contributed by atoms with Gasteiger partial charge in [-0.25, -0.2) is 4.79 Å². The Morgan fingerprint density at radius 3 is 2.80 bits per heavy atom. The van der Waals surface area contributed by atoms with Gasteiger partial charge >= 0.3 is 6.09 Å². The number of hydrogen-bond donors (Lipinski definition) is 1. The molecule has 20 heavy (non-hydrogen) atoms. The van der Waals surface area contributed by atoms with Crippen molar-refractivity contribution in [3.8, 4) is 0 Å². The van der Waals surface area contributed by atoms with Crippen LogP contribution < -0.4 is 5.73 Å². The first-order valence-electron chi connectivity index (χ1n) is 6.85. The van der Waals surface area contributed by atoms with Gasteiger partial charge < -0.3 is 15.4 Å². The SMILES string of the molecule is CC(C)(C)OC(=O)N1CC=C(c2cccc(CN)c2)C1. The van der Waals surface area contributed by atoms with Crippen molar-refractivity contribution in [3.05, 3.63) is 41.5 Å². The molecule has 0 aromatic heterocycles. The van der Waals surface area contributed by atoms with Crippen molar-refractivity contribution >= 4 is 11.7 Å². The molecule has 2 rings (SSSR count). The van der Waals surface area contributed by atoms with E-state index < -0.39 is 5.60 Å². The molecule has 1 aromatic carbocycles. The van der Waals surface area contributed by atoms with Crippen LogP contribution in [0.4, 0.5) is 4.79 Å². The van der Waals surface area contributed by atoms with Crippen molar-refractivity contribution in [1.29, 1.82) is 0 Å². The summed E-state index contributed by atoms with van der Waals surface area (Å²) in [4.78, 5) is 13.7. The maximum atomic E-state index is 12.0. The average molecular weight is 274 g/mol. The topological polar surface area (TPSA) is 55.6 Å². The second kappa shape index (κ2) is 5.67. The Morgan fingerprint density at radius 2 is 2.15 bits per heavy atom. The molecule has 4 heteroatoms. The molecule has 1 heterocycles. The molecule has 1 aliphatic heterocycles. The highest BCUT2D eigenvalue weighted by atomic mass is 16.6. The van der Waals surface area contributed by atoms with E-state index in [0.717, 1.165) is 16.7 Å². The van der Waals surface area contributed by atoms with Gasteiger partial charge in [-0.2, -0.15) is 0 Å². The lowest BCUT2D eigenvalue weighted by Gasteiger charge is -2.24. The van der Waals surface area contributed by atoms with E-state index in [0.29, 0.717) is 19.6 Å². The van der Waals surface area contributed by atoms with Crippen molar-refractivity contribution < 1.29 is 9.53 Å². The summed E-state index contributed by atoms with van der Waals surface area (Å²) in [5, 5.41) is 0. The number of ether oxygens (including phenoxy) is 1. The average Bonchev–Trinajstić information content (AvgIpc) is 2.86. The summed E-state index contributed by atoms with van der Waals surface area (Å²) in [6.45, 7) is 7.33. The van der Waals surface area contributed by atoms with Crippen LogP contribution in [0.25, 0.3) is 5.57 Å². The van der Waals surface area contributed by atoms with E-state index in [1.54, 1.807) is 4.90 Å². The first-order valence-corrected chi connectivity index (χ1v) is 6.85. The molecular weight excluding hydrogens is 252 g/mol. The van der Waals surface area contributed by atoms with Crippen molar-refractivity contribution in [2.45, 2.75) is 32.9 Å². The van der Waals surface area contributed by atoms with Crippen LogP contribution in [0, 0.1) is 0 Å². The fourth-order valence-corrected chi connectivity index (χ4v) is 2.13. The number of rotatable bonds is 2. The third kappa shape index (κ3) is 3.61. The minimum atomic E-state index is -0.459. The zero-order valence-corrected chi connectivity index (χ0v) is 12.3. The Hall–Kier alpha value is -1.81. The third-order valence-electron chi connectivity index (χ3n) is 3.10. The van der Waals surface area contributed by atoms with Gasteiger partial charge in [0.2, 0.25) is 0 Å². The van der Waals surface area contributed by atoms with Crippen LogP contribution in [0.2, 0.25) is 0 Å². The normalized spacial score (nSPS) is 15.2. The molecule has 0 unspecified atom stereocenters. The van der Waals surface area contributed by atoms with E-state index in [4.69, 9.17) is 10.5 Å². The number of carbonyl (C=O) groups is 1. The molecule has 4 nitrogen and oxygen atoms in total. The largest absolute Gasteiger partial charge is 0.444 e. The minimum Gasteiger partial charge on any atom is -0.444 e. The van der Waals surface area contributed by atoms with E-state index in [1.165, 1.54) is 0 Å². The van der Waals surface area contributed by atoms with E-state index >= 15 is 0 Å². The van der Waals surface area contributed by atoms with E-state index in [2.05, 4.69) is 12.1 Å². The number of amides is 1. The van der Waals surface area contributed by atoms with Crippen LogP contribution in [0.3, 0.4) is 0 Å². The van der Waals surface area contributed by atoms with E-state index in [1.807, 2.05) is 39.0 Å². The van der Waals surface area contributed by atoms with Gasteiger partial charge in [0, 0.05) is 19.6 Å². The Kier molecular flexibility index (Phi) is 4.14. The lowest BCUT2D eigenvalue weighted by atomic mass is 10.0. The van der Waals surface area contributed by atoms with E-state index in [9.17, 15) is 4.79 Å². The Bertz CT molecular complexity index is 530. The summed E-state index contributed by atoms with van der Waals surface area (Å²) in [5.41, 5.74) is 8.56. The minimum absolute atomic E-state index is 0.265. The Morgan fingerprint density at radius 1 is 1.40 bits per heavy atom. The summed E-state index contributed by atoms with van der Waals surface area (Å²) in [5.74, 6) is 0. The monoisotopic (exact) mass is 274 g/mol. The number of carbonyl (C=O) groups excluding carboxylic acids is 1. The van der Waals surface area contributed by atoms with Gasteiger partial charge in [-0.05, 0) is 37.5 Å². The number of nitrogens with zero attached hydrogens (tertiary/aromatic N) is 1. The van der Waals surface area contributed by atoms with E-state index in [-0.39, 0.29) is 6.09 Å². The highest BCUT2D eigenvalue weighted by Gasteiger charge is 2.25. The summed E-state index contributed by atoms with van der Waals surface area (Å²) in [6, 6.07) is 8.12. The third-order valence-corrected chi connectivity index (χ3v) is 3.10. The quantitative estimate of drug-likeness (QED) is 0.902. The molecular formula is C16H22N2O2. The van der Waals surface area contributed by atoms with Gasteiger partial charge in [-0.1, -0.05) is 30.3 Å². The summed E-state index contributed by atoms with van der Waals surface area (Å²) < 4.78 is 5.38. The van der Waals surface area contributed by atoms with Crippen molar-refractivity contribution in [3.63, 3.8) is 0 Å². The van der Waals surface area contributed by atoms with Gasteiger partial charge in [0.1, 0.15) is 5.60 Å². The second-order valence-corrected chi connectivity index (χ2v) is 5.99.